The fraction of sp³-hybridized carbons (Fsp3) is 0.703. The van der Waals surface area contributed by atoms with Crippen molar-refractivity contribution in [1.82, 2.24) is 0 Å². The van der Waals surface area contributed by atoms with Gasteiger partial charge in [-0.1, -0.05) is 246 Å². The van der Waals surface area contributed by atoms with Crippen LogP contribution in [0.5, 0.6) is 0 Å². The van der Waals surface area contributed by atoms with Gasteiger partial charge in [-0.25, -0.2) is 0 Å². The molecule has 0 bridgehead atoms. The normalized spacial score (nSPS) is 12.8. The molecule has 1 unspecified atom stereocenters. The van der Waals surface area contributed by atoms with E-state index in [0.717, 1.165) is 128 Å². The van der Waals surface area contributed by atoms with E-state index in [1.54, 1.807) is 0 Å². The molecule has 0 saturated carbocycles. The van der Waals surface area contributed by atoms with Crippen LogP contribution in [0.4, 0.5) is 0 Å². The number of hydrogen-bond acceptors (Lipinski definition) is 6. The minimum atomic E-state index is -0.781. The minimum Gasteiger partial charge on any atom is -0.462 e. The van der Waals surface area contributed by atoms with E-state index in [-0.39, 0.29) is 31.1 Å². The maximum Gasteiger partial charge on any atom is 0.306 e. The summed E-state index contributed by atoms with van der Waals surface area (Å²) < 4.78 is 16.7. The fourth-order valence-electron chi connectivity index (χ4n) is 7.95. The molecule has 0 saturated heterocycles. The first-order valence-corrected chi connectivity index (χ1v) is 29.2. The average molecular weight is 974 g/mol. The lowest BCUT2D eigenvalue weighted by Gasteiger charge is -2.18. The van der Waals surface area contributed by atoms with Gasteiger partial charge in [-0.15, -0.1) is 0 Å². The van der Waals surface area contributed by atoms with Crippen molar-refractivity contribution >= 4 is 17.9 Å². The number of rotatable bonds is 52. The first-order valence-electron chi connectivity index (χ1n) is 29.2. The molecule has 0 amide bonds. The highest BCUT2D eigenvalue weighted by atomic mass is 16.6. The van der Waals surface area contributed by atoms with Crippen molar-refractivity contribution in [1.29, 1.82) is 0 Å². The predicted octanol–water partition coefficient (Wildman–Crippen LogP) is 19.7. The van der Waals surface area contributed by atoms with Gasteiger partial charge in [0, 0.05) is 19.3 Å². The van der Waals surface area contributed by atoms with Crippen molar-refractivity contribution in [2.45, 2.75) is 277 Å². The number of ether oxygens (including phenoxy) is 3. The summed E-state index contributed by atoms with van der Waals surface area (Å²) in [4.78, 5) is 37.8. The first kappa shape index (κ1) is 66.3. The highest BCUT2D eigenvalue weighted by molar-refractivity contribution is 5.71. The second-order valence-electron chi connectivity index (χ2n) is 19.2. The van der Waals surface area contributed by atoms with E-state index < -0.39 is 6.10 Å². The number of allylic oxidation sites excluding steroid dienone is 16. The van der Waals surface area contributed by atoms with Crippen LogP contribution in [-0.4, -0.2) is 37.2 Å². The predicted molar refractivity (Wildman–Crippen MR) is 302 cm³/mol. The molecule has 0 fully saturated rings. The number of carbonyl (C=O) groups is 3. The van der Waals surface area contributed by atoms with Gasteiger partial charge in [0.15, 0.2) is 6.10 Å². The van der Waals surface area contributed by atoms with Gasteiger partial charge in [-0.2, -0.15) is 0 Å². The molecule has 6 heteroatoms. The molecule has 0 aliphatic carbocycles. The smallest absolute Gasteiger partial charge is 0.306 e. The van der Waals surface area contributed by atoms with Crippen LogP contribution in [0, 0.1) is 0 Å². The largest absolute Gasteiger partial charge is 0.462 e. The molecule has 0 spiro atoms. The molecule has 0 aromatic carbocycles. The van der Waals surface area contributed by atoms with Crippen LogP contribution in [0.25, 0.3) is 0 Å². The molecule has 1 atom stereocenters. The van der Waals surface area contributed by atoms with Gasteiger partial charge in [0.25, 0.3) is 0 Å². The Morgan fingerprint density at radius 2 is 0.557 bits per heavy atom. The third-order valence-electron chi connectivity index (χ3n) is 12.3. The number of hydrogen-bond donors (Lipinski definition) is 0. The molecule has 6 nitrogen and oxygen atoms in total. The Morgan fingerprint density at radius 3 is 0.886 bits per heavy atom. The lowest BCUT2D eigenvalue weighted by molar-refractivity contribution is -0.167. The summed E-state index contributed by atoms with van der Waals surface area (Å²) in [7, 11) is 0. The van der Waals surface area contributed by atoms with Crippen LogP contribution in [-0.2, 0) is 28.6 Å². The van der Waals surface area contributed by atoms with Crippen molar-refractivity contribution in [2.75, 3.05) is 13.2 Å². The molecular formula is C64H108O6. The highest BCUT2D eigenvalue weighted by Crippen LogP contribution is 2.15. The lowest BCUT2D eigenvalue weighted by atomic mass is 10.0. The van der Waals surface area contributed by atoms with Gasteiger partial charge in [0.2, 0.25) is 0 Å². The van der Waals surface area contributed by atoms with Crippen LogP contribution in [0.1, 0.15) is 271 Å². The standard InChI is InChI=1S/C64H108O6/c1-4-7-10-13-15-17-19-21-23-25-26-27-28-29-30-31-32-33-34-35-36-37-38-39-41-42-44-46-48-51-54-57-63(66)69-60-61(59-68-62(65)56-53-50-12-9-6-3)70-64(67)58-55-52-49-47-45-43-40-24-22-20-18-16-14-11-8-5-2/h7,10,15,17-18,20-21,23-24,26-27,29-30,32-33,40,61H,4-6,8-9,11-14,16,19,22,25,28,31,34-39,41-60H2,1-3H3/b10-7-,17-15-,20-18-,23-21-,27-26-,30-29-,33-32-,40-24-. The Labute approximate surface area is 432 Å². The van der Waals surface area contributed by atoms with Gasteiger partial charge >= 0.3 is 17.9 Å². The maximum absolute atomic E-state index is 12.8. The van der Waals surface area contributed by atoms with Crippen molar-refractivity contribution in [3.8, 4) is 0 Å². The fourth-order valence-corrected chi connectivity index (χ4v) is 7.95. The molecule has 0 aromatic heterocycles. The van der Waals surface area contributed by atoms with Crippen LogP contribution >= 0.6 is 0 Å². The van der Waals surface area contributed by atoms with E-state index in [2.05, 4.69) is 118 Å². The van der Waals surface area contributed by atoms with Gasteiger partial charge in [-0.05, 0) is 103 Å². The van der Waals surface area contributed by atoms with Gasteiger partial charge in [0.1, 0.15) is 13.2 Å². The number of unbranched alkanes of at least 4 members (excludes halogenated alkanes) is 25. The van der Waals surface area contributed by atoms with Gasteiger partial charge in [-0.3, -0.25) is 14.4 Å². The maximum atomic E-state index is 12.8. The quantitative estimate of drug-likeness (QED) is 0.0262. The zero-order valence-corrected chi connectivity index (χ0v) is 45.8. The molecule has 0 aliphatic heterocycles. The summed E-state index contributed by atoms with van der Waals surface area (Å²) in [5.41, 5.74) is 0. The third-order valence-corrected chi connectivity index (χ3v) is 12.3. The van der Waals surface area contributed by atoms with Crippen molar-refractivity contribution < 1.29 is 28.6 Å². The summed E-state index contributed by atoms with van der Waals surface area (Å²) in [6.45, 7) is 6.41. The van der Waals surface area contributed by atoms with E-state index in [4.69, 9.17) is 14.2 Å². The van der Waals surface area contributed by atoms with Crippen LogP contribution in [0.15, 0.2) is 97.2 Å². The molecule has 0 aromatic rings. The zero-order chi connectivity index (χ0) is 50.7. The molecule has 0 rings (SSSR count). The molecule has 0 aliphatic rings. The van der Waals surface area contributed by atoms with Crippen molar-refractivity contribution in [3.63, 3.8) is 0 Å². The van der Waals surface area contributed by atoms with Crippen molar-refractivity contribution in [3.05, 3.63) is 97.2 Å². The zero-order valence-electron chi connectivity index (χ0n) is 45.8. The number of esters is 3. The lowest BCUT2D eigenvalue weighted by Crippen LogP contribution is -2.30. The first-order chi connectivity index (χ1) is 34.5. The minimum absolute atomic E-state index is 0.0832. The van der Waals surface area contributed by atoms with Crippen LogP contribution < -0.4 is 0 Å². The van der Waals surface area contributed by atoms with Crippen LogP contribution in [0.2, 0.25) is 0 Å². The van der Waals surface area contributed by atoms with E-state index in [1.165, 1.54) is 103 Å². The monoisotopic (exact) mass is 973 g/mol. The van der Waals surface area contributed by atoms with E-state index >= 15 is 0 Å². The molecule has 0 radical (unpaired) electrons. The Kier molecular flexibility index (Phi) is 54.9. The SMILES string of the molecule is CC/C=C\C/C=C\C/C=C\C/C=C\C/C=C\C/C=C\CCCCCCCCCCCCCCC(=O)OCC(COC(=O)CCCCCCC)OC(=O)CCCCCCC/C=C\C/C=C\CCCCCC. The molecular weight excluding hydrogens is 865 g/mol. The average Bonchev–Trinajstić information content (AvgIpc) is 3.36. The molecule has 70 heavy (non-hydrogen) atoms. The third kappa shape index (κ3) is 55.3. The topological polar surface area (TPSA) is 78.9 Å². The van der Waals surface area contributed by atoms with Crippen LogP contribution in [0.3, 0.4) is 0 Å². The highest BCUT2D eigenvalue weighted by Gasteiger charge is 2.19. The van der Waals surface area contributed by atoms with Crippen molar-refractivity contribution in [2.24, 2.45) is 0 Å². The van der Waals surface area contributed by atoms with E-state index in [9.17, 15) is 14.4 Å². The summed E-state index contributed by atoms with van der Waals surface area (Å²) in [5.74, 6) is -0.910. The summed E-state index contributed by atoms with van der Waals surface area (Å²) in [5, 5.41) is 0. The summed E-state index contributed by atoms with van der Waals surface area (Å²) in [6, 6.07) is 0. The van der Waals surface area contributed by atoms with Gasteiger partial charge < -0.3 is 14.2 Å². The second-order valence-corrected chi connectivity index (χ2v) is 19.2. The Bertz CT molecular complexity index is 1400. The number of carbonyl (C=O) groups excluding carboxylic acids is 3. The van der Waals surface area contributed by atoms with E-state index in [1.807, 2.05) is 0 Å². The molecule has 0 heterocycles. The Balaban J connectivity index is 4.05. The summed E-state index contributed by atoms with van der Waals surface area (Å²) in [6.07, 6.45) is 77.4. The molecule has 400 valence electrons. The van der Waals surface area contributed by atoms with E-state index in [0.29, 0.717) is 19.3 Å². The Hall–Kier alpha value is -3.67. The molecule has 0 N–H and O–H groups in total. The second kappa shape index (κ2) is 57.9. The Morgan fingerprint density at radius 1 is 0.300 bits per heavy atom. The summed E-state index contributed by atoms with van der Waals surface area (Å²) >= 11 is 0. The van der Waals surface area contributed by atoms with Gasteiger partial charge in [0.05, 0.1) is 0 Å².